The molecule has 0 aromatic heterocycles. The Balaban J connectivity index is 2.46. The molecular weight excluding hydrogens is 302 g/mol. The maximum atomic E-state index is 5.16. The number of benzene rings is 1. The average molecular weight is 328 g/mol. The van der Waals surface area contributed by atoms with Crippen molar-refractivity contribution in [3.63, 3.8) is 0 Å². The van der Waals surface area contributed by atoms with Crippen LogP contribution in [0.3, 0.4) is 0 Å². The van der Waals surface area contributed by atoms with E-state index in [4.69, 9.17) is 4.74 Å². The van der Waals surface area contributed by atoms with Gasteiger partial charge in [-0.2, -0.15) is 0 Å². The van der Waals surface area contributed by atoms with E-state index in [-0.39, 0.29) is 0 Å². The average Bonchev–Trinajstić information content (AvgIpc) is 2.39. The largest absolute Gasteiger partial charge is 0.385 e. The van der Waals surface area contributed by atoms with Gasteiger partial charge in [0.2, 0.25) is 0 Å². The van der Waals surface area contributed by atoms with Gasteiger partial charge < -0.3 is 10.1 Å². The highest BCUT2D eigenvalue weighted by molar-refractivity contribution is 9.10. The molecule has 108 valence electrons. The highest BCUT2D eigenvalue weighted by Crippen LogP contribution is 2.17. The van der Waals surface area contributed by atoms with Crippen LogP contribution in [0.5, 0.6) is 0 Å². The van der Waals surface area contributed by atoms with Crippen LogP contribution in [0.25, 0.3) is 0 Å². The van der Waals surface area contributed by atoms with Gasteiger partial charge in [0.25, 0.3) is 0 Å². The van der Waals surface area contributed by atoms with Gasteiger partial charge in [-0.25, -0.2) is 0 Å². The number of rotatable bonds is 10. The fraction of sp³-hybridized carbons (Fsp3) is 0.625. The summed E-state index contributed by atoms with van der Waals surface area (Å²) < 4.78 is 6.33. The number of ether oxygens (including phenoxy) is 1. The smallest absolute Gasteiger partial charge is 0.0462 e. The summed E-state index contributed by atoms with van der Waals surface area (Å²) in [5, 5.41) is 3.54. The Morgan fingerprint density at radius 2 is 2.21 bits per heavy atom. The molecule has 0 aliphatic heterocycles. The second-order valence-corrected chi connectivity index (χ2v) is 5.95. The number of hydrogen-bond donors (Lipinski definition) is 1. The zero-order valence-corrected chi connectivity index (χ0v) is 13.7. The molecule has 19 heavy (non-hydrogen) atoms. The van der Waals surface area contributed by atoms with E-state index in [1.54, 1.807) is 7.11 Å². The second-order valence-electron chi connectivity index (χ2n) is 5.04. The molecule has 0 fully saturated rings. The summed E-state index contributed by atoms with van der Waals surface area (Å²) in [7, 11) is 1.78. The Morgan fingerprint density at radius 3 is 2.89 bits per heavy atom. The van der Waals surface area contributed by atoms with Gasteiger partial charge in [-0.15, -0.1) is 0 Å². The molecule has 0 saturated heterocycles. The Hall–Kier alpha value is -0.380. The van der Waals surface area contributed by atoms with E-state index in [2.05, 4.69) is 52.4 Å². The van der Waals surface area contributed by atoms with Crippen LogP contribution >= 0.6 is 15.9 Å². The molecule has 0 radical (unpaired) electrons. The lowest BCUT2D eigenvalue weighted by Gasteiger charge is -2.18. The number of hydrogen-bond acceptors (Lipinski definition) is 2. The van der Waals surface area contributed by atoms with Gasteiger partial charge in [0.05, 0.1) is 0 Å². The first kappa shape index (κ1) is 16.7. The lowest BCUT2D eigenvalue weighted by atomic mass is 9.94. The predicted octanol–water partition coefficient (Wildman–Crippen LogP) is 4.03. The van der Waals surface area contributed by atoms with Crippen LogP contribution < -0.4 is 5.32 Å². The highest BCUT2D eigenvalue weighted by Gasteiger charge is 2.09. The van der Waals surface area contributed by atoms with Gasteiger partial charge in [-0.3, -0.25) is 0 Å². The fourth-order valence-electron chi connectivity index (χ4n) is 2.27. The van der Waals surface area contributed by atoms with Gasteiger partial charge in [0.1, 0.15) is 0 Å². The summed E-state index contributed by atoms with van der Waals surface area (Å²) in [4.78, 5) is 0. The molecule has 0 amide bonds. The highest BCUT2D eigenvalue weighted by atomic mass is 79.9. The molecule has 0 heterocycles. The van der Waals surface area contributed by atoms with Crippen molar-refractivity contribution in [1.29, 1.82) is 0 Å². The molecule has 0 aliphatic carbocycles. The molecule has 2 nitrogen and oxygen atoms in total. The zero-order valence-electron chi connectivity index (χ0n) is 12.1. The Kier molecular flexibility index (Phi) is 9.14. The molecule has 0 aliphatic rings. The van der Waals surface area contributed by atoms with Crippen molar-refractivity contribution in [3.8, 4) is 0 Å². The normalized spacial score (nSPS) is 12.6. The van der Waals surface area contributed by atoms with Crippen LogP contribution in [0.2, 0.25) is 0 Å². The molecule has 3 heteroatoms. The van der Waals surface area contributed by atoms with Crippen LogP contribution in [0.15, 0.2) is 28.7 Å². The maximum Gasteiger partial charge on any atom is 0.0462 e. The van der Waals surface area contributed by atoms with Gasteiger partial charge >= 0.3 is 0 Å². The topological polar surface area (TPSA) is 21.3 Å². The van der Waals surface area contributed by atoms with Crippen LogP contribution in [-0.2, 0) is 11.2 Å². The standard InChI is InChI=1S/C16H26BrNO/c1-3-9-18-13-15(7-5-10-19-2)11-14-6-4-8-16(17)12-14/h4,6,8,12,15,18H,3,5,7,9-11,13H2,1-2H3. The van der Waals surface area contributed by atoms with Crippen LogP contribution in [0, 0.1) is 5.92 Å². The summed E-state index contributed by atoms with van der Waals surface area (Å²) in [6, 6.07) is 8.64. The van der Waals surface area contributed by atoms with Crippen LogP contribution in [0.1, 0.15) is 31.7 Å². The van der Waals surface area contributed by atoms with Crippen molar-refractivity contribution in [3.05, 3.63) is 34.3 Å². The first-order chi connectivity index (χ1) is 9.26. The molecule has 1 atom stereocenters. The predicted molar refractivity (Wildman–Crippen MR) is 85.6 cm³/mol. The Morgan fingerprint density at radius 1 is 1.37 bits per heavy atom. The monoisotopic (exact) mass is 327 g/mol. The van der Waals surface area contributed by atoms with Crippen LogP contribution in [-0.4, -0.2) is 26.8 Å². The van der Waals surface area contributed by atoms with Crippen molar-refractivity contribution in [2.75, 3.05) is 26.8 Å². The van der Waals surface area contributed by atoms with Crippen molar-refractivity contribution in [2.45, 2.75) is 32.6 Å². The van der Waals surface area contributed by atoms with Gasteiger partial charge in [-0.05, 0) is 62.4 Å². The molecular formula is C16H26BrNO. The minimum Gasteiger partial charge on any atom is -0.385 e. The molecule has 1 aromatic rings. The lowest BCUT2D eigenvalue weighted by molar-refractivity contribution is 0.186. The third-order valence-corrected chi connectivity index (χ3v) is 3.73. The zero-order chi connectivity index (χ0) is 13.9. The summed E-state index contributed by atoms with van der Waals surface area (Å²) in [5.41, 5.74) is 1.41. The van der Waals surface area contributed by atoms with E-state index in [1.165, 1.54) is 22.9 Å². The van der Waals surface area contributed by atoms with Crippen molar-refractivity contribution >= 4 is 15.9 Å². The molecule has 0 saturated carbocycles. The van der Waals surface area contributed by atoms with Crippen molar-refractivity contribution in [1.82, 2.24) is 5.32 Å². The first-order valence-electron chi connectivity index (χ1n) is 7.20. The molecule has 1 unspecified atom stereocenters. The quantitative estimate of drug-likeness (QED) is 0.655. The third kappa shape index (κ3) is 7.71. The maximum absolute atomic E-state index is 5.16. The molecule has 1 aromatic carbocycles. The Labute approximate surface area is 126 Å². The minimum absolute atomic E-state index is 0.691. The minimum atomic E-state index is 0.691. The summed E-state index contributed by atoms with van der Waals surface area (Å²) in [5.74, 6) is 0.691. The second kappa shape index (κ2) is 10.4. The van der Waals surface area contributed by atoms with E-state index < -0.39 is 0 Å². The molecule has 0 spiro atoms. The van der Waals surface area contributed by atoms with E-state index in [0.717, 1.165) is 32.5 Å². The molecule has 0 bridgehead atoms. The first-order valence-corrected chi connectivity index (χ1v) is 7.99. The van der Waals surface area contributed by atoms with E-state index in [9.17, 15) is 0 Å². The van der Waals surface area contributed by atoms with Gasteiger partial charge in [0, 0.05) is 18.2 Å². The van der Waals surface area contributed by atoms with Gasteiger partial charge in [0.15, 0.2) is 0 Å². The fourth-order valence-corrected chi connectivity index (χ4v) is 2.72. The van der Waals surface area contributed by atoms with E-state index in [0.29, 0.717) is 5.92 Å². The summed E-state index contributed by atoms with van der Waals surface area (Å²) in [6.07, 6.45) is 4.70. The van der Waals surface area contributed by atoms with Gasteiger partial charge in [-0.1, -0.05) is 35.0 Å². The summed E-state index contributed by atoms with van der Waals surface area (Å²) >= 11 is 3.54. The lowest BCUT2D eigenvalue weighted by Crippen LogP contribution is -2.25. The number of nitrogens with one attached hydrogen (secondary N) is 1. The third-order valence-electron chi connectivity index (χ3n) is 3.23. The van der Waals surface area contributed by atoms with Crippen molar-refractivity contribution < 1.29 is 4.74 Å². The van der Waals surface area contributed by atoms with Crippen LogP contribution in [0.4, 0.5) is 0 Å². The SMILES string of the molecule is CCCNCC(CCCOC)Cc1cccc(Br)c1. The molecule has 1 rings (SSSR count). The number of halogens is 1. The molecule has 1 N–H and O–H groups in total. The number of methoxy groups -OCH3 is 1. The Bertz CT molecular complexity index is 333. The summed E-state index contributed by atoms with van der Waals surface area (Å²) in [6.45, 7) is 5.29. The van der Waals surface area contributed by atoms with E-state index in [1.807, 2.05) is 0 Å². The van der Waals surface area contributed by atoms with Crippen molar-refractivity contribution in [2.24, 2.45) is 5.92 Å². The van der Waals surface area contributed by atoms with E-state index >= 15 is 0 Å².